The van der Waals surface area contributed by atoms with Gasteiger partial charge in [-0.1, -0.05) is 47.2 Å². The maximum atomic E-state index is 10.6. The topological polar surface area (TPSA) is 169 Å². The molecule has 1 aromatic rings. The van der Waals surface area contributed by atoms with Gasteiger partial charge in [0.2, 0.25) is 0 Å². The zero-order valence-electron chi connectivity index (χ0n) is 13.6. The van der Waals surface area contributed by atoms with E-state index in [1.54, 1.807) is 18.2 Å². The standard InChI is InChI=1S/C13H17NO9S2.K/c15-6-8-9(16)10(17)11(18)13(22-8)24-12(14-23-25(19,20)21)7-4-2-1-3-5-7;/h1-5,8-11,13,15-18H,6H2,(H,19,20,21);/q;+1/p-1/b14-12-;/t8-,9-,10+,11-,13+;/m1./s1. The third-order valence-corrected chi connectivity index (χ3v) is 4.72. The van der Waals surface area contributed by atoms with E-state index < -0.39 is 46.9 Å². The Labute approximate surface area is 196 Å². The predicted molar refractivity (Wildman–Crippen MR) is 85.1 cm³/mol. The molecule has 140 valence electrons. The van der Waals surface area contributed by atoms with Crippen molar-refractivity contribution in [2.75, 3.05) is 6.61 Å². The van der Waals surface area contributed by atoms with Crippen molar-refractivity contribution in [3.63, 3.8) is 0 Å². The molecular weight excluding hydrogens is 417 g/mol. The van der Waals surface area contributed by atoms with Gasteiger partial charge >= 0.3 is 51.4 Å². The van der Waals surface area contributed by atoms with Crippen LogP contribution in [0.1, 0.15) is 5.56 Å². The predicted octanol–water partition coefficient (Wildman–Crippen LogP) is -4.64. The average Bonchev–Trinajstić information content (AvgIpc) is 2.58. The molecule has 0 spiro atoms. The van der Waals surface area contributed by atoms with Crippen molar-refractivity contribution in [1.29, 1.82) is 0 Å². The largest absolute Gasteiger partial charge is 1.00 e. The van der Waals surface area contributed by atoms with Crippen molar-refractivity contribution in [2.24, 2.45) is 5.16 Å². The maximum Gasteiger partial charge on any atom is 1.00 e. The van der Waals surface area contributed by atoms with E-state index in [9.17, 15) is 33.4 Å². The Morgan fingerprint density at radius 1 is 1.19 bits per heavy atom. The van der Waals surface area contributed by atoms with E-state index in [2.05, 4.69) is 9.44 Å². The summed E-state index contributed by atoms with van der Waals surface area (Å²) in [5.41, 5.74) is -0.861. The van der Waals surface area contributed by atoms with Gasteiger partial charge in [0, 0.05) is 5.56 Å². The van der Waals surface area contributed by atoms with Crippen molar-refractivity contribution >= 4 is 27.2 Å². The molecule has 2 rings (SSSR count). The van der Waals surface area contributed by atoms with Crippen LogP contribution < -0.4 is 51.4 Å². The monoisotopic (exact) mass is 433 g/mol. The minimum absolute atomic E-state index is 0. The molecule has 10 nitrogen and oxygen atoms in total. The summed E-state index contributed by atoms with van der Waals surface area (Å²) in [4.78, 5) is 0. The van der Waals surface area contributed by atoms with E-state index in [0.717, 1.165) is 0 Å². The zero-order chi connectivity index (χ0) is 18.6. The van der Waals surface area contributed by atoms with Crippen molar-refractivity contribution in [3.8, 4) is 0 Å². The third-order valence-electron chi connectivity index (χ3n) is 3.31. The number of benzene rings is 1. The molecule has 0 unspecified atom stereocenters. The van der Waals surface area contributed by atoms with Crippen LogP contribution in [0.3, 0.4) is 0 Å². The van der Waals surface area contributed by atoms with Crippen molar-refractivity contribution in [2.45, 2.75) is 29.9 Å². The van der Waals surface area contributed by atoms with Gasteiger partial charge in [-0.15, -0.1) is 0 Å². The van der Waals surface area contributed by atoms with Crippen LogP contribution in [-0.4, -0.2) is 74.9 Å². The first-order valence-electron chi connectivity index (χ1n) is 6.98. The van der Waals surface area contributed by atoms with Crippen LogP contribution in [0.4, 0.5) is 0 Å². The fourth-order valence-electron chi connectivity index (χ4n) is 2.08. The second-order valence-corrected chi connectivity index (χ2v) is 7.11. The summed E-state index contributed by atoms with van der Waals surface area (Å²) in [7, 11) is -5.10. The quantitative estimate of drug-likeness (QED) is 0.0884. The van der Waals surface area contributed by atoms with Gasteiger partial charge in [0.15, 0.2) is 0 Å². The molecule has 1 aliphatic rings. The molecule has 0 bridgehead atoms. The fraction of sp³-hybridized carbons (Fsp3) is 0.462. The van der Waals surface area contributed by atoms with Gasteiger partial charge in [-0.25, -0.2) is 0 Å². The first-order valence-corrected chi connectivity index (χ1v) is 9.19. The number of rotatable bonds is 5. The van der Waals surface area contributed by atoms with Crippen molar-refractivity contribution < 1.29 is 93.8 Å². The Bertz CT molecular complexity index is 701. The summed E-state index contributed by atoms with van der Waals surface area (Å²) >= 11 is 0.660. The first-order chi connectivity index (χ1) is 11.7. The van der Waals surface area contributed by atoms with E-state index in [1.807, 2.05) is 0 Å². The number of oxime groups is 1. The van der Waals surface area contributed by atoms with Gasteiger partial charge in [-0.3, -0.25) is 4.28 Å². The molecule has 0 saturated carbocycles. The number of aliphatic hydroxyl groups is 4. The molecule has 0 aliphatic carbocycles. The smallest absolute Gasteiger partial charge is 0.714 e. The van der Waals surface area contributed by atoms with Crippen LogP contribution in [0.25, 0.3) is 0 Å². The molecule has 1 saturated heterocycles. The van der Waals surface area contributed by atoms with Crippen LogP contribution in [0.15, 0.2) is 35.5 Å². The average molecular weight is 434 g/mol. The molecule has 1 aliphatic heterocycles. The molecule has 0 amide bonds. The molecule has 1 aromatic carbocycles. The summed E-state index contributed by atoms with van der Waals surface area (Å²) in [6.07, 6.45) is -5.85. The Morgan fingerprint density at radius 2 is 1.81 bits per heavy atom. The van der Waals surface area contributed by atoms with Gasteiger partial charge in [-0.05, 0) is 0 Å². The normalized spacial score (nSPS) is 29.7. The fourth-order valence-corrected chi connectivity index (χ4v) is 3.36. The zero-order valence-corrected chi connectivity index (χ0v) is 18.3. The summed E-state index contributed by atoms with van der Waals surface area (Å²) in [5, 5.41) is 41.9. The Morgan fingerprint density at radius 3 is 2.35 bits per heavy atom. The van der Waals surface area contributed by atoms with Crippen molar-refractivity contribution in [1.82, 2.24) is 0 Å². The van der Waals surface area contributed by atoms with Crippen molar-refractivity contribution in [3.05, 3.63) is 35.9 Å². The Balaban J connectivity index is 0.00000338. The van der Waals surface area contributed by atoms with Gasteiger partial charge in [0.25, 0.3) is 10.4 Å². The molecule has 4 N–H and O–H groups in total. The van der Waals surface area contributed by atoms with E-state index in [0.29, 0.717) is 17.3 Å². The Hall–Kier alpha value is 0.386. The van der Waals surface area contributed by atoms with Crippen LogP contribution in [0.2, 0.25) is 0 Å². The second kappa shape index (κ2) is 10.8. The van der Waals surface area contributed by atoms with E-state index >= 15 is 0 Å². The number of nitrogens with zero attached hydrogens (tertiary/aromatic N) is 1. The Kier molecular flexibility index (Phi) is 10.1. The van der Waals surface area contributed by atoms with Gasteiger partial charge in [-0.2, -0.15) is 8.42 Å². The minimum atomic E-state index is -5.10. The molecule has 0 radical (unpaired) electrons. The summed E-state index contributed by atoms with van der Waals surface area (Å²) in [6, 6.07) is 7.99. The second-order valence-electron chi connectivity index (χ2n) is 5.06. The molecule has 1 heterocycles. The van der Waals surface area contributed by atoms with Gasteiger partial charge < -0.3 is 29.7 Å². The van der Waals surface area contributed by atoms with E-state index in [-0.39, 0.29) is 56.4 Å². The maximum absolute atomic E-state index is 10.6. The van der Waals surface area contributed by atoms with Gasteiger partial charge in [0.05, 0.1) is 6.61 Å². The molecule has 0 aromatic heterocycles. The minimum Gasteiger partial charge on any atom is -0.714 e. The van der Waals surface area contributed by atoms with E-state index in [1.165, 1.54) is 12.1 Å². The molecule has 5 atom stereocenters. The number of ether oxygens (including phenoxy) is 1. The SMILES string of the molecule is O=S(=O)([O-])O/N=C(\S[C@@H]1O[C@H](CO)[C@@H](O)[C@H](O)[C@H]1O)c1ccccc1.[K+]. The number of hydrogen-bond acceptors (Lipinski definition) is 11. The van der Waals surface area contributed by atoms with Crippen LogP contribution in [0.5, 0.6) is 0 Å². The van der Waals surface area contributed by atoms with Crippen LogP contribution >= 0.6 is 11.8 Å². The third kappa shape index (κ3) is 6.77. The van der Waals surface area contributed by atoms with E-state index in [4.69, 9.17) is 4.74 Å². The molecular formula is C13H16KNO9S2. The first kappa shape index (κ1) is 24.4. The van der Waals surface area contributed by atoms with Gasteiger partial charge in [0.1, 0.15) is 34.9 Å². The number of thioether (sulfide) groups is 1. The van der Waals surface area contributed by atoms with Crippen LogP contribution in [-0.2, 0) is 19.4 Å². The summed E-state index contributed by atoms with van der Waals surface area (Å²) in [5.74, 6) is 0. The number of aliphatic hydroxyl groups excluding tert-OH is 4. The summed E-state index contributed by atoms with van der Waals surface area (Å²) in [6.45, 7) is -0.620. The molecule has 26 heavy (non-hydrogen) atoms. The number of hydrogen-bond donors (Lipinski definition) is 4. The summed E-state index contributed by atoms with van der Waals surface area (Å²) < 4.78 is 41.1. The molecule has 1 fully saturated rings. The molecule has 13 heteroatoms. The van der Waals surface area contributed by atoms with Crippen LogP contribution in [0, 0.1) is 0 Å².